The third kappa shape index (κ3) is 3.99. The van der Waals surface area contributed by atoms with E-state index in [9.17, 15) is 4.79 Å². The molecule has 0 spiro atoms. The molecule has 1 amide bonds. The largest absolute Gasteiger partial charge is 0.368 e. The SMILES string of the molecule is O=C(NC[C@@H](c1ccccc1)c1c(-c2ccccc2)[nH]c2ccccc12)[C@@H]1CCCO1. The van der Waals surface area contributed by atoms with Crippen LogP contribution in [0.2, 0.25) is 0 Å². The van der Waals surface area contributed by atoms with Gasteiger partial charge >= 0.3 is 0 Å². The highest BCUT2D eigenvalue weighted by atomic mass is 16.5. The van der Waals surface area contributed by atoms with Crippen molar-refractivity contribution >= 4 is 16.8 Å². The number of ether oxygens (including phenoxy) is 1. The molecule has 1 saturated heterocycles. The summed E-state index contributed by atoms with van der Waals surface area (Å²) < 4.78 is 5.59. The Balaban J connectivity index is 1.59. The number of benzene rings is 3. The first-order valence-electron chi connectivity index (χ1n) is 10.9. The van der Waals surface area contributed by atoms with Crippen LogP contribution in [0, 0.1) is 0 Å². The standard InChI is InChI=1S/C27H26N2O2/c30-27(24-16-9-17-31-24)28-18-22(19-10-3-1-4-11-19)25-21-14-7-8-15-23(21)29-26(25)20-12-5-2-6-13-20/h1-8,10-15,22,24,29H,9,16-18H2,(H,28,30)/t22-,24-/m0/s1. The van der Waals surface area contributed by atoms with Gasteiger partial charge in [-0.15, -0.1) is 0 Å². The van der Waals surface area contributed by atoms with E-state index in [0.29, 0.717) is 13.2 Å². The minimum Gasteiger partial charge on any atom is -0.368 e. The van der Waals surface area contributed by atoms with Crippen molar-refractivity contribution in [2.75, 3.05) is 13.2 Å². The predicted molar refractivity (Wildman–Crippen MR) is 124 cm³/mol. The first-order chi connectivity index (χ1) is 15.3. The van der Waals surface area contributed by atoms with Gasteiger partial charge in [-0.3, -0.25) is 4.79 Å². The van der Waals surface area contributed by atoms with Crippen LogP contribution in [0.15, 0.2) is 84.9 Å². The molecule has 1 aliphatic heterocycles. The Hall–Kier alpha value is -3.37. The average molecular weight is 411 g/mol. The molecule has 1 aliphatic rings. The second-order valence-electron chi connectivity index (χ2n) is 8.04. The van der Waals surface area contributed by atoms with Gasteiger partial charge in [-0.1, -0.05) is 78.9 Å². The van der Waals surface area contributed by atoms with Gasteiger partial charge in [-0.2, -0.15) is 0 Å². The molecule has 0 saturated carbocycles. The second-order valence-corrected chi connectivity index (χ2v) is 8.04. The van der Waals surface area contributed by atoms with E-state index in [0.717, 1.165) is 29.6 Å². The van der Waals surface area contributed by atoms with Crippen LogP contribution in [-0.4, -0.2) is 30.1 Å². The van der Waals surface area contributed by atoms with Gasteiger partial charge in [0.25, 0.3) is 0 Å². The summed E-state index contributed by atoms with van der Waals surface area (Å²) in [5.74, 6) is -0.00237. The lowest BCUT2D eigenvalue weighted by molar-refractivity contribution is -0.130. The minimum atomic E-state index is -0.326. The third-order valence-corrected chi connectivity index (χ3v) is 6.06. The van der Waals surface area contributed by atoms with E-state index in [-0.39, 0.29) is 17.9 Å². The highest BCUT2D eigenvalue weighted by Crippen LogP contribution is 2.38. The van der Waals surface area contributed by atoms with E-state index in [1.165, 1.54) is 16.5 Å². The van der Waals surface area contributed by atoms with Crippen LogP contribution >= 0.6 is 0 Å². The van der Waals surface area contributed by atoms with E-state index in [1.807, 2.05) is 18.2 Å². The van der Waals surface area contributed by atoms with Crippen LogP contribution in [0.25, 0.3) is 22.2 Å². The van der Waals surface area contributed by atoms with Crippen LogP contribution in [0.3, 0.4) is 0 Å². The Bertz CT molecular complexity index is 1160. The van der Waals surface area contributed by atoms with Crippen LogP contribution in [0.1, 0.15) is 29.9 Å². The fourth-order valence-corrected chi connectivity index (χ4v) is 4.53. The number of hydrogen-bond acceptors (Lipinski definition) is 2. The van der Waals surface area contributed by atoms with E-state index in [4.69, 9.17) is 4.74 Å². The first kappa shape index (κ1) is 19.6. The molecule has 0 aliphatic carbocycles. The number of fused-ring (bicyclic) bond motifs is 1. The maximum Gasteiger partial charge on any atom is 0.249 e. The molecular weight excluding hydrogens is 384 g/mol. The highest BCUT2D eigenvalue weighted by molar-refractivity contribution is 5.92. The summed E-state index contributed by atoms with van der Waals surface area (Å²) in [5.41, 5.74) is 5.72. The zero-order chi connectivity index (χ0) is 21.0. The van der Waals surface area contributed by atoms with Gasteiger partial charge in [0.15, 0.2) is 0 Å². The molecule has 1 aromatic heterocycles. The van der Waals surface area contributed by atoms with Gasteiger partial charge < -0.3 is 15.0 Å². The van der Waals surface area contributed by atoms with Crippen LogP contribution < -0.4 is 5.32 Å². The van der Waals surface area contributed by atoms with Crippen molar-refractivity contribution in [2.24, 2.45) is 0 Å². The zero-order valence-corrected chi connectivity index (χ0v) is 17.4. The Kier molecular flexibility index (Phi) is 5.55. The number of H-pyrrole nitrogens is 1. The van der Waals surface area contributed by atoms with E-state index >= 15 is 0 Å². The number of nitrogens with one attached hydrogen (secondary N) is 2. The number of aromatic amines is 1. The third-order valence-electron chi connectivity index (χ3n) is 6.06. The molecule has 31 heavy (non-hydrogen) atoms. The number of aromatic nitrogens is 1. The molecule has 4 aromatic rings. The lowest BCUT2D eigenvalue weighted by Crippen LogP contribution is -2.37. The van der Waals surface area contributed by atoms with Gasteiger partial charge in [-0.25, -0.2) is 0 Å². The summed E-state index contributed by atoms with van der Waals surface area (Å²) in [5, 5.41) is 4.36. The molecule has 0 unspecified atom stereocenters. The molecule has 2 heterocycles. The normalized spacial score (nSPS) is 17.0. The molecule has 2 N–H and O–H groups in total. The molecule has 2 atom stereocenters. The summed E-state index contributed by atoms with van der Waals surface area (Å²) in [7, 11) is 0. The molecule has 156 valence electrons. The number of rotatable bonds is 6. The van der Waals surface area contributed by atoms with Gasteiger partial charge in [0.2, 0.25) is 5.91 Å². The maximum absolute atomic E-state index is 12.7. The topological polar surface area (TPSA) is 54.1 Å². The number of hydrogen-bond donors (Lipinski definition) is 2. The predicted octanol–water partition coefficient (Wildman–Crippen LogP) is 5.26. The summed E-state index contributed by atoms with van der Waals surface area (Å²) in [6.07, 6.45) is 1.42. The van der Waals surface area contributed by atoms with Crippen molar-refractivity contribution in [1.29, 1.82) is 0 Å². The smallest absolute Gasteiger partial charge is 0.249 e. The van der Waals surface area contributed by atoms with Crippen molar-refractivity contribution in [1.82, 2.24) is 10.3 Å². The lowest BCUT2D eigenvalue weighted by atomic mass is 9.87. The molecule has 3 aromatic carbocycles. The van der Waals surface area contributed by atoms with Crippen molar-refractivity contribution in [2.45, 2.75) is 24.9 Å². The fourth-order valence-electron chi connectivity index (χ4n) is 4.53. The fraction of sp³-hybridized carbons (Fsp3) is 0.222. The molecule has 4 heteroatoms. The molecule has 0 radical (unpaired) electrons. The van der Waals surface area contributed by atoms with Crippen molar-refractivity contribution < 1.29 is 9.53 Å². The van der Waals surface area contributed by atoms with Crippen molar-refractivity contribution in [3.63, 3.8) is 0 Å². The highest BCUT2D eigenvalue weighted by Gasteiger charge is 2.27. The average Bonchev–Trinajstić information content (AvgIpc) is 3.49. The monoisotopic (exact) mass is 410 g/mol. The minimum absolute atomic E-state index is 0.0120. The second kappa shape index (κ2) is 8.78. The summed E-state index contributed by atoms with van der Waals surface area (Å²) in [6.45, 7) is 1.19. The van der Waals surface area contributed by atoms with Gasteiger partial charge in [0, 0.05) is 30.0 Å². The van der Waals surface area contributed by atoms with Crippen molar-refractivity contribution in [3.8, 4) is 11.3 Å². The molecule has 5 rings (SSSR count). The molecule has 4 nitrogen and oxygen atoms in total. The lowest BCUT2D eigenvalue weighted by Gasteiger charge is -2.21. The van der Waals surface area contributed by atoms with Crippen LogP contribution in [0.4, 0.5) is 0 Å². The number of carbonyl (C=O) groups is 1. The summed E-state index contributed by atoms with van der Waals surface area (Å²) in [6, 6.07) is 29.2. The Morgan fingerprint density at radius 3 is 2.42 bits per heavy atom. The molecule has 1 fully saturated rings. The first-order valence-corrected chi connectivity index (χ1v) is 10.9. The Morgan fingerprint density at radius 1 is 0.968 bits per heavy atom. The van der Waals surface area contributed by atoms with E-state index < -0.39 is 0 Å². The van der Waals surface area contributed by atoms with Gasteiger partial charge in [-0.05, 0) is 35.6 Å². The maximum atomic E-state index is 12.7. The van der Waals surface area contributed by atoms with Gasteiger partial charge in [0.1, 0.15) is 6.10 Å². The molecular formula is C27H26N2O2. The summed E-state index contributed by atoms with van der Waals surface area (Å²) in [4.78, 5) is 16.4. The van der Waals surface area contributed by atoms with E-state index in [1.54, 1.807) is 0 Å². The quantitative estimate of drug-likeness (QED) is 0.455. The van der Waals surface area contributed by atoms with Gasteiger partial charge in [0.05, 0.1) is 5.69 Å². The Morgan fingerprint density at radius 2 is 1.68 bits per heavy atom. The van der Waals surface area contributed by atoms with Crippen LogP contribution in [0.5, 0.6) is 0 Å². The number of para-hydroxylation sites is 1. The summed E-state index contributed by atoms with van der Waals surface area (Å²) >= 11 is 0. The Labute approximate surface area is 182 Å². The zero-order valence-electron chi connectivity index (χ0n) is 17.4. The molecule has 0 bridgehead atoms. The number of amides is 1. The number of carbonyl (C=O) groups excluding carboxylic acids is 1. The van der Waals surface area contributed by atoms with Crippen molar-refractivity contribution in [3.05, 3.63) is 96.1 Å². The van der Waals surface area contributed by atoms with Crippen LogP contribution in [-0.2, 0) is 9.53 Å². The van der Waals surface area contributed by atoms with E-state index in [2.05, 4.69) is 77.0 Å².